The lowest BCUT2D eigenvalue weighted by atomic mass is 10.1. The van der Waals surface area contributed by atoms with E-state index >= 15 is 0 Å². The number of nitrogens with zero attached hydrogens (tertiary/aromatic N) is 7. The minimum absolute atomic E-state index is 0.00631. The smallest absolute Gasteiger partial charge is 0.332 e. The molecule has 0 saturated carbocycles. The zero-order valence-electron chi connectivity index (χ0n) is 21.6. The summed E-state index contributed by atoms with van der Waals surface area (Å²) in [4.78, 5) is 43.8. The first-order valence-electron chi connectivity index (χ1n) is 12.9. The molecule has 192 valence electrons. The molecule has 1 saturated heterocycles. The van der Waals surface area contributed by atoms with Crippen molar-refractivity contribution < 1.29 is 0 Å². The molecular weight excluding hydrogens is 468 g/mol. The summed E-state index contributed by atoms with van der Waals surface area (Å²) in [6.07, 6.45) is 5.76. The van der Waals surface area contributed by atoms with Gasteiger partial charge in [0.2, 0.25) is 5.95 Å². The Morgan fingerprint density at radius 2 is 1.97 bits per heavy atom. The van der Waals surface area contributed by atoms with E-state index in [0.717, 1.165) is 54.4 Å². The summed E-state index contributed by atoms with van der Waals surface area (Å²) in [5, 5.41) is 1.10. The van der Waals surface area contributed by atoms with Crippen molar-refractivity contribution in [1.82, 2.24) is 28.7 Å². The number of aryl methyl sites for hydroxylation is 3. The van der Waals surface area contributed by atoms with Crippen LogP contribution in [0.2, 0.25) is 0 Å². The molecule has 6 rings (SSSR count). The summed E-state index contributed by atoms with van der Waals surface area (Å²) in [6, 6.07) is 6.12. The molecule has 0 bridgehead atoms. The molecule has 2 N–H and O–H groups in total. The van der Waals surface area contributed by atoms with Crippen LogP contribution >= 0.6 is 0 Å². The second-order valence-electron chi connectivity index (χ2n) is 10.5. The van der Waals surface area contributed by atoms with Crippen LogP contribution in [-0.4, -0.2) is 47.8 Å². The molecule has 10 heteroatoms. The number of aromatic nitrogens is 6. The first-order chi connectivity index (χ1) is 17.8. The van der Waals surface area contributed by atoms with Crippen LogP contribution < -0.4 is 21.9 Å². The molecule has 0 unspecified atom stereocenters. The SMILES string of the molecule is CC(C)=CCn1c(N2CCC[C@@H](N)C2)nc2c1c(=O)n(Cc1nc3c4c(cccc4n1)CC3)c(=O)n2C. The summed E-state index contributed by atoms with van der Waals surface area (Å²) in [5.41, 5.74) is 10.5. The van der Waals surface area contributed by atoms with E-state index in [9.17, 15) is 9.59 Å². The minimum atomic E-state index is -0.430. The van der Waals surface area contributed by atoms with Gasteiger partial charge in [-0.15, -0.1) is 0 Å². The maximum absolute atomic E-state index is 13.9. The first-order valence-corrected chi connectivity index (χ1v) is 12.9. The van der Waals surface area contributed by atoms with Crippen molar-refractivity contribution in [2.75, 3.05) is 18.0 Å². The van der Waals surface area contributed by atoms with Gasteiger partial charge in [-0.2, -0.15) is 4.98 Å². The number of hydrogen-bond donors (Lipinski definition) is 1. The van der Waals surface area contributed by atoms with Gasteiger partial charge in [0, 0.05) is 38.1 Å². The maximum Gasteiger partial charge on any atom is 0.332 e. The molecule has 1 aliphatic carbocycles. The Balaban J connectivity index is 1.52. The van der Waals surface area contributed by atoms with Crippen molar-refractivity contribution in [3.8, 4) is 0 Å². The number of anilines is 1. The van der Waals surface area contributed by atoms with Crippen molar-refractivity contribution >= 4 is 28.0 Å². The lowest BCUT2D eigenvalue weighted by Crippen LogP contribution is -2.44. The molecule has 2 aliphatic rings. The Labute approximate surface area is 214 Å². The van der Waals surface area contributed by atoms with E-state index in [-0.39, 0.29) is 18.1 Å². The van der Waals surface area contributed by atoms with Gasteiger partial charge in [0.1, 0.15) is 5.82 Å². The summed E-state index contributed by atoms with van der Waals surface area (Å²) >= 11 is 0. The molecule has 1 aromatic carbocycles. The summed E-state index contributed by atoms with van der Waals surface area (Å²) < 4.78 is 4.62. The van der Waals surface area contributed by atoms with Crippen molar-refractivity contribution in [1.29, 1.82) is 0 Å². The monoisotopic (exact) mass is 500 g/mol. The quantitative estimate of drug-likeness (QED) is 0.416. The fourth-order valence-electron chi connectivity index (χ4n) is 5.62. The van der Waals surface area contributed by atoms with Gasteiger partial charge in [-0.05, 0) is 51.2 Å². The fourth-order valence-corrected chi connectivity index (χ4v) is 5.62. The van der Waals surface area contributed by atoms with E-state index in [2.05, 4.69) is 17.0 Å². The van der Waals surface area contributed by atoms with Crippen LogP contribution in [0.15, 0.2) is 39.4 Å². The molecule has 4 aromatic rings. The Hall–Kier alpha value is -3.79. The van der Waals surface area contributed by atoms with Crippen molar-refractivity contribution in [3.05, 3.63) is 67.8 Å². The van der Waals surface area contributed by atoms with E-state index in [1.165, 1.54) is 14.7 Å². The third-order valence-corrected chi connectivity index (χ3v) is 7.50. The van der Waals surface area contributed by atoms with Gasteiger partial charge in [0.05, 0.1) is 17.8 Å². The average Bonchev–Trinajstić information content (AvgIpc) is 3.47. The van der Waals surface area contributed by atoms with Gasteiger partial charge < -0.3 is 15.2 Å². The summed E-state index contributed by atoms with van der Waals surface area (Å²) in [6.45, 7) is 6.01. The molecule has 4 heterocycles. The van der Waals surface area contributed by atoms with Crippen LogP contribution in [-0.2, 0) is 33.0 Å². The second-order valence-corrected chi connectivity index (χ2v) is 10.5. The predicted molar refractivity (Wildman–Crippen MR) is 144 cm³/mol. The van der Waals surface area contributed by atoms with Gasteiger partial charge in [0.15, 0.2) is 11.2 Å². The summed E-state index contributed by atoms with van der Waals surface area (Å²) in [7, 11) is 1.66. The third-order valence-electron chi connectivity index (χ3n) is 7.50. The number of imidazole rings is 1. The van der Waals surface area contributed by atoms with Crippen LogP contribution in [0.1, 0.15) is 43.8 Å². The van der Waals surface area contributed by atoms with Crippen molar-refractivity contribution in [3.63, 3.8) is 0 Å². The van der Waals surface area contributed by atoms with E-state index in [4.69, 9.17) is 20.7 Å². The highest BCUT2D eigenvalue weighted by molar-refractivity contribution is 5.86. The molecule has 37 heavy (non-hydrogen) atoms. The summed E-state index contributed by atoms with van der Waals surface area (Å²) in [5.74, 6) is 1.15. The Kier molecular flexibility index (Phi) is 5.71. The van der Waals surface area contributed by atoms with Crippen LogP contribution in [0.3, 0.4) is 0 Å². The van der Waals surface area contributed by atoms with Crippen LogP contribution in [0.5, 0.6) is 0 Å². The zero-order chi connectivity index (χ0) is 25.8. The molecule has 1 atom stereocenters. The minimum Gasteiger partial charge on any atom is -0.341 e. The van der Waals surface area contributed by atoms with E-state index in [1.54, 1.807) is 7.05 Å². The van der Waals surface area contributed by atoms with Crippen LogP contribution in [0, 0.1) is 0 Å². The van der Waals surface area contributed by atoms with E-state index in [1.807, 2.05) is 30.5 Å². The molecule has 1 aliphatic heterocycles. The molecule has 0 amide bonds. The van der Waals surface area contributed by atoms with Crippen LogP contribution in [0.25, 0.3) is 22.1 Å². The topological polar surface area (TPSA) is 117 Å². The lowest BCUT2D eigenvalue weighted by molar-refractivity contribution is 0.495. The van der Waals surface area contributed by atoms with E-state index in [0.29, 0.717) is 36.0 Å². The standard InChI is InChI=1S/C27H32N8O2/c1-16(2)11-13-34-23-24(31-26(34)33-12-5-7-18(28)14-33)32(3)27(37)35(25(23)36)15-21-29-19-8-4-6-17-9-10-20(30-21)22(17)19/h4,6,8,11,18H,5,7,9-10,12-15,28H2,1-3H3/t18-/m1/s1. The molecule has 3 aromatic heterocycles. The molecule has 0 spiro atoms. The highest BCUT2D eigenvalue weighted by atomic mass is 16.2. The van der Waals surface area contributed by atoms with Gasteiger partial charge in [-0.3, -0.25) is 13.9 Å². The van der Waals surface area contributed by atoms with E-state index < -0.39 is 5.69 Å². The Morgan fingerprint density at radius 3 is 2.76 bits per heavy atom. The van der Waals surface area contributed by atoms with Gasteiger partial charge in [-0.25, -0.2) is 14.8 Å². The largest absolute Gasteiger partial charge is 0.341 e. The predicted octanol–water partition coefficient (Wildman–Crippen LogP) is 1.88. The first kappa shape index (κ1) is 23.6. The number of piperidine rings is 1. The van der Waals surface area contributed by atoms with Crippen molar-refractivity contribution in [2.24, 2.45) is 12.8 Å². The average molecular weight is 501 g/mol. The van der Waals surface area contributed by atoms with Gasteiger partial charge >= 0.3 is 5.69 Å². The molecule has 1 fully saturated rings. The number of benzene rings is 1. The molecule has 0 radical (unpaired) electrons. The third kappa shape index (κ3) is 3.96. The zero-order valence-corrected chi connectivity index (χ0v) is 21.6. The highest BCUT2D eigenvalue weighted by Crippen LogP contribution is 2.28. The van der Waals surface area contributed by atoms with Crippen molar-refractivity contribution in [2.45, 2.75) is 58.7 Å². The Morgan fingerprint density at radius 1 is 1.14 bits per heavy atom. The molecule has 10 nitrogen and oxygen atoms in total. The molecular formula is C27H32N8O2. The van der Waals surface area contributed by atoms with Crippen LogP contribution in [0.4, 0.5) is 5.95 Å². The fraction of sp³-hybridized carbons (Fsp3) is 0.444. The number of hydrogen-bond acceptors (Lipinski definition) is 7. The number of allylic oxidation sites excluding steroid dienone is 2. The lowest BCUT2D eigenvalue weighted by Gasteiger charge is -2.31. The normalized spacial score (nSPS) is 17.2. The Bertz CT molecular complexity index is 1690. The number of nitrogens with two attached hydrogens (primary N) is 1. The highest BCUT2D eigenvalue weighted by Gasteiger charge is 2.26. The second kappa shape index (κ2) is 8.95. The van der Waals surface area contributed by atoms with Gasteiger partial charge in [-0.1, -0.05) is 23.8 Å². The van der Waals surface area contributed by atoms with Gasteiger partial charge in [0.25, 0.3) is 5.56 Å². The number of fused-ring (bicyclic) bond motifs is 1. The maximum atomic E-state index is 13.9. The number of rotatable bonds is 5.